The molecule has 0 radical (unpaired) electrons. The quantitative estimate of drug-likeness (QED) is 0.630. The summed E-state index contributed by atoms with van der Waals surface area (Å²) in [6, 6.07) is 11.9. The van der Waals surface area contributed by atoms with Gasteiger partial charge in [0, 0.05) is 5.69 Å². The minimum atomic E-state index is -0.783. The Morgan fingerprint density at radius 3 is 2.40 bits per heavy atom. The van der Waals surface area contributed by atoms with Crippen LogP contribution in [0.15, 0.2) is 42.5 Å². The summed E-state index contributed by atoms with van der Waals surface area (Å²) < 4.78 is 0. The van der Waals surface area contributed by atoms with Crippen LogP contribution in [0.1, 0.15) is 26.2 Å². The summed E-state index contributed by atoms with van der Waals surface area (Å²) >= 11 is 0. The molecule has 0 aliphatic heterocycles. The van der Waals surface area contributed by atoms with Crippen LogP contribution >= 0.6 is 0 Å². The number of rotatable bonds is 8. The predicted octanol–water partition coefficient (Wildman–Crippen LogP) is 1.50. The molecule has 6 N–H and O–H groups in total. The number of unbranched alkanes of at least 4 members (excludes halogenated alkanes) is 1. The molecule has 134 valence electrons. The predicted molar refractivity (Wildman–Crippen MR) is 101 cm³/mol. The van der Waals surface area contributed by atoms with Crippen molar-refractivity contribution >= 4 is 28.3 Å². The molecular weight excluding hydrogens is 316 g/mol. The molecule has 0 fully saturated rings. The lowest BCUT2D eigenvalue weighted by Gasteiger charge is -2.30. The van der Waals surface area contributed by atoms with Crippen LogP contribution in [-0.4, -0.2) is 30.4 Å². The molecule has 0 saturated heterocycles. The van der Waals surface area contributed by atoms with Gasteiger partial charge in [-0.05, 0) is 49.2 Å². The van der Waals surface area contributed by atoms with Crippen molar-refractivity contribution in [2.45, 2.75) is 38.3 Å². The van der Waals surface area contributed by atoms with Crippen LogP contribution in [0.25, 0.3) is 10.8 Å². The number of carbonyl (C=O) groups excluding carboxylic acids is 2. The summed E-state index contributed by atoms with van der Waals surface area (Å²) in [6.45, 7) is 2.18. The maximum atomic E-state index is 12.9. The molecule has 0 spiro atoms. The molecule has 25 heavy (non-hydrogen) atoms. The highest BCUT2D eigenvalue weighted by Crippen LogP contribution is 2.24. The van der Waals surface area contributed by atoms with Gasteiger partial charge in [0.25, 0.3) is 0 Å². The van der Waals surface area contributed by atoms with E-state index in [0.717, 1.165) is 23.6 Å². The van der Waals surface area contributed by atoms with E-state index in [0.29, 0.717) is 18.7 Å². The number of nitrogens with zero attached hydrogens (tertiary/aromatic N) is 1. The molecule has 0 aliphatic carbocycles. The number of hydrogen-bond acceptors (Lipinski definition) is 4. The smallest absolute Gasteiger partial charge is 0.244 e. The number of primary amides is 1. The Kier molecular flexibility index (Phi) is 6.50. The van der Waals surface area contributed by atoms with E-state index in [-0.39, 0.29) is 5.91 Å². The van der Waals surface area contributed by atoms with Crippen LogP contribution in [-0.2, 0) is 9.59 Å². The zero-order chi connectivity index (χ0) is 18.4. The van der Waals surface area contributed by atoms with Gasteiger partial charge in [-0.15, -0.1) is 0 Å². The third kappa shape index (κ3) is 4.55. The fourth-order valence-electron chi connectivity index (χ4n) is 2.81. The van der Waals surface area contributed by atoms with Crippen LogP contribution in [0.5, 0.6) is 0 Å². The molecule has 6 heteroatoms. The Morgan fingerprint density at radius 1 is 1.08 bits per heavy atom. The second kappa shape index (κ2) is 8.60. The van der Waals surface area contributed by atoms with Gasteiger partial charge in [-0.1, -0.05) is 36.8 Å². The molecule has 0 unspecified atom stereocenters. The lowest BCUT2D eigenvalue weighted by atomic mass is 10.0. The number of fused-ring (bicyclic) bond motifs is 1. The highest BCUT2D eigenvalue weighted by Gasteiger charge is 2.29. The third-order valence-corrected chi connectivity index (χ3v) is 4.33. The first-order valence-corrected chi connectivity index (χ1v) is 8.52. The summed E-state index contributed by atoms with van der Waals surface area (Å²) in [7, 11) is 0. The maximum absolute atomic E-state index is 12.9. The van der Waals surface area contributed by atoms with Crippen molar-refractivity contribution in [1.82, 2.24) is 0 Å². The summed E-state index contributed by atoms with van der Waals surface area (Å²) in [5.74, 6) is -0.880. The minimum absolute atomic E-state index is 0.307. The van der Waals surface area contributed by atoms with Crippen LogP contribution in [0, 0.1) is 0 Å². The Morgan fingerprint density at radius 2 is 1.76 bits per heavy atom. The second-order valence-corrected chi connectivity index (χ2v) is 6.21. The fourth-order valence-corrected chi connectivity index (χ4v) is 2.81. The SMILES string of the molecule is C[C@@H](C(N)=O)N(C(=O)[C@@H](N)CCCCN)c1ccc2ccccc2c1. The molecule has 0 bridgehead atoms. The van der Waals surface area contributed by atoms with Gasteiger partial charge < -0.3 is 17.2 Å². The third-order valence-electron chi connectivity index (χ3n) is 4.33. The van der Waals surface area contributed by atoms with Gasteiger partial charge in [0.05, 0.1) is 6.04 Å². The zero-order valence-corrected chi connectivity index (χ0v) is 14.5. The molecule has 0 heterocycles. The number of carbonyl (C=O) groups is 2. The van der Waals surface area contributed by atoms with Gasteiger partial charge in [0.2, 0.25) is 11.8 Å². The van der Waals surface area contributed by atoms with E-state index in [2.05, 4.69) is 0 Å². The number of nitrogens with two attached hydrogens (primary N) is 3. The molecule has 0 aromatic heterocycles. The van der Waals surface area contributed by atoms with Gasteiger partial charge in [-0.25, -0.2) is 0 Å². The van der Waals surface area contributed by atoms with Crippen LogP contribution < -0.4 is 22.1 Å². The summed E-state index contributed by atoms with van der Waals surface area (Å²) in [4.78, 5) is 26.0. The fraction of sp³-hybridized carbons (Fsp3) is 0.368. The molecule has 2 atom stereocenters. The largest absolute Gasteiger partial charge is 0.368 e. The van der Waals surface area contributed by atoms with E-state index in [9.17, 15) is 9.59 Å². The van der Waals surface area contributed by atoms with Crippen molar-refractivity contribution in [3.8, 4) is 0 Å². The maximum Gasteiger partial charge on any atom is 0.244 e. The van der Waals surface area contributed by atoms with E-state index >= 15 is 0 Å². The summed E-state index contributed by atoms with van der Waals surface area (Å²) in [5, 5.41) is 2.03. The van der Waals surface area contributed by atoms with Crippen molar-refractivity contribution in [2.24, 2.45) is 17.2 Å². The van der Waals surface area contributed by atoms with E-state index < -0.39 is 18.0 Å². The zero-order valence-electron chi connectivity index (χ0n) is 14.5. The van der Waals surface area contributed by atoms with E-state index in [1.165, 1.54) is 4.90 Å². The molecular formula is C19H26N4O2. The van der Waals surface area contributed by atoms with Crippen molar-refractivity contribution in [2.75, 3.05) is 11.4 Å². The first-order valence-electron chi connectivity index (χ1n) is 8.52. The molecule has 2 amide bonds. The average molecular weight is 342 g/mol. The molecule has 2 rings (SSSR count). The lowest BCUT2D eigenvalue weighted by Crippen LogP contribution is -2.52. The molecule has 0 saturated carbocycles. The van der Waals surface area contributed by atoms with Crippen molar-refractivity contribution in [1.29, 1.82) is 0 Å². The standard InChI is InChI=1S/C19H26N4O2/c1-13(18(22)24)23(19(25)17(21)8-4-5-11-20)16-10-9-14-6-2-3-7-15(14)12-16/h2-3,6-7,9-10,12-13,17H,4-5,8,11,20-21H2,1H3,(H2,22,24)/t13-,17-/m0/s1. The number of amides is 2. The van der Waals surface area contributed by atoms with Crippen LogP contribution in [0.3, 0.4) is 0 Å². The van der Waals surface area contributed by atoms with Gasteiger partial charge in [0.15, 0.2) is 0 Å². The highest BCUT2D eigenvalue weighted by molar-refractivity contribution is 6.04. The molecule has 0 aliphatic rings. The first kappa shape index (κ1) is 18.9. The van der Waals surface area contributed by atoms with Crippen LogP contribution in [0.2, 0.25) is 0 Å². The second-order valence-electron chi connectivity index (χ2n) is 6.21. The van der Waals surface area contributed by atoms with Crippen molar-refractivity contribution in [3.05, 3.63) is 42.5 Å². The highest BCUT2D eigenvalue weighted by atomic mass is 16.2. The van der Waals surface area contributed by atoms with Gasteiger partial charge in [-0.3, -0.25) is 14.5 Å². The van der Waals surface area contributed by atoms with Gasteiger partial charge >= 0.3 is 0 Å². The Labute approximate surface area is 148 Å². The Bertz CT molecular complexity index is 747. The molecule has 2 aromatic rings. The van der Waals surface area contributed by atoms with Crippen molar-refractivity contribution < 1.29 is 9.59 Å². The summed E-state index contributed by atoms with van der Waals surface area (Å²) in [6.07, 6.45) is 2.09. The lowest BCUT2D eigenvalue weighted by molar-refractivity contribution is -0.125. The number of hydrogen-bond donors (Lipinski definition) is 3. The topological polar surface area (TPSA) is 115 Å². The van der Waals surface area contributed by atoms with Crippen molar-refractivity contribution in [3.63, 3.8) is 0 Å². The normalized spacial score (nSPS) is 13.4. The van der Waals surface area contributed by atoms with Crippen LogP contribution in [0.4, 0.5) is 5.69 Å². The average Bonchev–Trinajstić information content (AvgIpc) is 2.61. The molecule has 6 nitrogen and oxygen atoms in total. The minimum Gasteiger partial charge on any atom is -0.368 e. The van der Waals surface area contributed by atoms with E-state index in [4.69, 9.17) is 17.2 Å². The van der Waals surface area contributed by atoms with Gasteiger partial charge in [0.1, 0.15) is 6.04 Å². The Hall–Kier alpha value is -2.44. The monoisotopic (exact) mass is 342 g/mol. The van der Waals surface area contributed by atoms with Gasteiger partial charge in [-0.2, -0.15) is 0 Å². The van der Waals surface area contributed by atoms with E-state index in [1.807, 2.05) is 42.5 Å². The summed E-state index contributed by atoms with van der Waals surface area (Å²) in [5.41, 5.74) is 17.6. The number of anilines is 1. The first-order chi connectivity index (χ1) is 12.0. The number of benzene rings is 2. The molecule has 2 aromatic carbocycles. The Balaban J connectivity index is 2.34. The van der Waals surface area contributed by atoms with E-state index in [1.54, 1.807) is 6.92 Å².